The van der Waals surface area contributed by atoms with Crippen LogP contribution in [0.1, 0.15) is 31.1 Å². The van der Waals surface area contributed by atoms with E-state index in [0.717, 1.165) is 0 Å². The fourth-order valence-corrected chi connectivity index (χ4v) is 3.92. The third-order valence-electron chi connectivity index (χ3n) is 4.86. The van der Waals surface area contributed by atoms with Crippen molar-refractivity contribution in [1.29, 1.82) is 0 Å². The van der Waals surface area contributed by atoms with Gasteiger partial charge in [-0.05, 0) is 73.1 Å². The largest absolute Gasteiger partial charge is 0.464 e. The van der Waals surface area contributed by atoms with Crippen molar-refractivity contribution >= 4 is 45.2 Å². The second-order valence-corrected chi connectivity index (χ2v) is 7.67. The van der Waals surface area contributed by atoms with E-state index in [0.29, 0.717) is 21.4 Å². The summed E-state index contributed by atoms with van der Waals surface area (Å²) in [7, 11) is 0. The molecule has 31 heavy (non-hydrogen) atoms. The molecule has 8 heteroatoms. The number of halogens is 1. The molecule has 0 spiro atoms. The Morgan fingerprint density at radius 1 is 1.00 bits per heavy atom. The van der Waals surface area contributed by atoms with Gasteiger partial charge in [-0.2, -0.15) is 0 Å². The third-order valence-corrected chi connectivity index (χ3v) is 6.03. The highest BCUT2D eigenvalue weighted by Crippen LogP contribution is 2.43. The lowest BCUT2D eigenvalue weighted by Gasteiger charge is -2.33. The van der Waals surface area contributed by atoms with Crippen molar-refractivity contribution in [3.8, 4) is 0 Å². The van der Waals surface area contributed by atoms with Gasteiger partial charge in [0.25, 0.3) is 5.91 Å². The van der Waals surface area contributed by atoms with Crippen LogP contribution < -0.4 is 10.2 Å². The van der Waals surface area contributed by atoms with E-state index < -0.39 is 17.5 Å². The molecular weight excluding hydrogens is 464 g/mol. The minimum absolute atomic E-state index is 0.184. The lowest BCUT2D eigenvalue weighted by atomic mass is 10.0. The lowest BCUT2D eigenvalue weighted by Crippen LogP contribution is -2.52. The highest BCUT2D eigenvalue weighted by molar-refractivity contribution is 9.11. The average Bonchev–Trinajstić information content (AvgIpc) is 2.96. The Hall–Kier alpha value is -3.13. The summed E-state index contributed by atoms with van der Waals surface area (Å²) in [5.41, 5.74) is 0.384. The molecule has 2 aromatic carbocycles. The van der Waals surface area contributed by atoms with Crippen LogP contribution >= 0.6 is 15.9 Å². The van der Waals surface area contributed by atoms with Crippen molar-refractivity contribution < 1.29 is 23.9 Å². The Balaban J connectivity index is 1.97. The van der Waals surface area contributed by atoms with Crippen LogP contribution in [0.5, 0.6) is 0 Å². The van der Waals surface area contributed by atoms with E-state index in [1.807, 2.05) is 6.07 Å². The van der Waals surface area contributed by atoms with Crippen LogP contribution in [-0.4, -0.2) is 36.6 Å². The minimum Gasteiger partial charge on any atom is -0.464 e. The Morgan fingerprint density at radius 2 is 1.61 bits per heavy atom. The monoisotopic (exact) mass is 486 g/mol. The molecule has 1 atom stereocenters. The molecule has 1 aliphatic rings. The van der Waals surface area contributed by atoms with Gasteiger partial charge < -0.3 is 14.8 Å². The van der Waals surface area contributed by atoms with Gasteiger partial charge in [0.1, 0.15) is 5.70 Å². The first-order valence-corrected chi connectivity index (χ1v) is 10.6. The van der Waals surface area contributed by atoms with Gasteiger partial charge in [-0.15, -0.1) is 0 Å². The number of esters is 2. The number of amides is 1. The van der Waals surface area contributed by atoms with E-state index in [1.165, 1.54) is 4.90 Å². The number of anilines is 2. The molecule has 0 unspecified atom stereocenters. The van der Waals surface area contributed by atoms with Gasteiger partial charge in [0.2, 0.25) is 0 Å². The van der Waals surface area contributed by atoms with Crippen LogP contribution in [0.25, 0.3) is 0 Å². The molecule has 0 aromatic heterocycles. The van der Waals surface area contributed by atoms with Crippen molar-refractivity contribution in [3.05, 3.63) is 70.3 Å². The number of para-hydroxylation sites is 1. The molecule has 3 rings (SSSR count). The van der Waals surface area contributed by atoms with E-state index in [4.69, 9.17) is 9.47 Å². The van der Waals surface area contributed by atoms with Crippen molar-refractivity contribution in [1.82, 2.24) is 0 Å². The number of benzene rings is 2. The second kappa shape index (κ2) is 9.34. The number of nitrogens with zero attached hydrogens (tertiary/aromatic N) is 1. The van der Waals surface area contributed by atoms with Crippen LogP contribution in [0.15, 0.2) is 64.8 Å². The van der Waals surface area contributed by atoms with Gasteiger partial charge in [0.05, 0.1) is 23.3 Å². The summed E-state index contributed by atoms with van der Waals surface area (Å²) in [4.78, 5) is 39.6. The first-order chi connectivity index (χ1) is 14.8. The number of hydrogen-bond acceptors (Lipinski definition) is 6. The maximum Gasteiger partial charge on any atom is 0.338 e. The zero-order chi connectivity index (χ0) is 22.6. The predicted octanol–water partition coefficient (Wildman–Crippen LogP) is 4.25. The molecule has 1 aliphatic heterocycles. The molecule has 162 valence electrons. The van der Waals surface area contributed by atoms with E-state index in [9.17, 15) is 14.4 Å². The Bertz CT molecular complexity index is 1020. The molecule has 1 amide bonds. The van der Waals surface area contributed by atoms with Gasteiger partial charge in [-0.1, -0.05) is 18.2 Å². The quantitative estimate of drug-likeness (QED) is 0.588. The summed E-state index contributed by atoms with van der Waals surface area (Å²) >= 11 is 3.47. The number of carbonyl (C=O) groups excluding carboxylic acids is 3. The van der Waals surface area contributed by atoms with Crippen LogP contribution in [0.3, 0.4) is 0 Å². The first-order valence-electron chi connectivity index (χ1n) is 9.85. The van der Waals surface area contributed by atoms with E-state index in [2.05, 4.69) is 21.2 Å². The first kappa shape index (κ1) is 22.6. The number of hydrogen-bond donors (Lipinski definition) is 1. The molecule has 7 nitrogen and oxygen atoms in total. The topological polar surface area (TPSA) is 84.9 Å². The van der Waals surface area contributed by atoms with Gasteiger partial charge in [0.15, 0.2) is 5.54 Å². The summed E-state index contributed by atoms with van der Waals surface area (Å²) in [6, 6.07) is 15.5. The maximum atomic E-state index is 13.4. The van der Waals surface area contributed by atoms with E-state index in [1.54, 1.807) is 69.3 Å². The number of rotatable bonds is 7. The number of nitrogens with one attached hydrogen (secondary N) is 1. The molecule has 0 aliphatic carbocycles. The van der Waals surface area contributed by atoms with Crippen molar-refractivity contribution in [2.24, 2.45) is 0 Å². The summed E-state index contributed by atoms with van der Waals surface area (Å²) in [6.07, 6.45) is 0. The predicted molar refractivity (Wildman–Crippen MR) is 121 cm³/mol. The van der Waals surface area contributed by atoms with Crippen molar-refractivity contribution in [2.75, 3.05) is 23.4 Å². The highest BCUT2D eigenvalue weighted by Gasteiger charge is 2.54. The maximum absolute atomic E-state index is 13.4. The Morgan fingerprint density at radius 3 is 2.19 bits per heavy atom. The molecule has 0 fully saturated rings. The van der Waals surface area contributed by atoms with Gasteiger partial charge in [0, 0.05) is 11.4 Å². The molecule has 2 aromatic rings. The van der Waals surface area contributed by atoms with Gasteiger partial charge in [-0.25, -0.2) is 9.59 Å². The summed E-state index contributed by atoms with van der Waals surface area (Å²) < 4.78 is 10.6. The summed E-state index contributed by atoms with van der Waals surface area (Å²) in [6.45, 7) is 5.56. The van der Waals surface area contributed by atoms with Crippen LogP contribution in [-0.2, 0) is 19.1 Å². The zero-order valence-corrected chi connectivity index (χ0v) is 19.1. The van der Waals surface area contributed by atoms with E-state index >= 15 is 0 Å². The van der Waals surface area contributed by atoms with Crippen LogP contribution in [0.2, 0.25) is 0 Å². The molecule has 1 N–H and O–H groups in total. The smallest absolute Gasteiger partial charge is 0.338 e. The SMILES string of the molecule is CCOC(=O)c1ccc(NC2=C(Br)[C@@](C)(C(=O)OCC)N(c3ccccc3)C2=O)cc1. The summed E-state index contributed by atoms with van der Waals surface area (Å²) in [5.74, 6) is -1.35. The van der Waals surface area contributed by atoms with Gasteiger partial charge >= 0.3 is 11.9 Å². The Labute approximate surface area is 189 Å². The fourth-order valence-electron chi connectivity index (χ4n) is 3.31. The van der Waals surface area contributed by atoms with Gasteiger partial charge in [-0.3, -0.25) is 9.69 Å². The second-order valence-electron chi connectivity index (χ2n) is 6.88. The van der Waals surface area contributed by atoms with E-state index in [-0.39, 0.29) is 24.8 Å². The third kappa shape index (κ3) is 4.20. The average molecular weight is 487 g/mol. The molecule has 1 heterocycles. The molecule has 0 saturated heterocycles. The lowest BCUT2D eigenvalue weighted by molar-refractivity contribution is -0.147. The molecule has 0 saturated carbocycles. The Kier molecular flexibility index (Phi) is 6.80. The molecular formula is C23H23BrN2O5. The van der Waals surface area contributed by atoms with Crippen LogP contribution in [0, 0.1) is 0 Å². The van der Waals surface area contributed by atoms with Crippen molar-refractivity contribution in [3.63, 3.8) is 0 Å². The standard InChI is InChI=1S/C23H23BrN2O5/c1-4-30-21(28)15-11-13-16(14-12-15)25-18-19(24)23(3,22(29)31-5-2)26(20(18)27)17-9-7-6-8-10-17/h6-14,25H,4-5H2,1-3H3/t23-/m0/s1. The minimum atomic E-state index is -1.37. The van der Waals surface area contributed by atoms with Crippen molar-refractivity contribution in [2.45, 2.75) is 26.3 Å². The zero-order valence-electron chi connectivity index (χ0n) is 17.5. The normalized spacial score (nSPS) is 18.2. The fraction of sp³-hybridized carbons (Fsp3) is 0.261. The highest BCUT2D eigenvalue weighted by atomic mass is 79.9. The molecule has 0 radical (unpaired) electrons. The summed E-state index contributed by atoms with van der Waals surface area (Å²) in [5, 5.41) is 3.07. The number of carbonyl (C=O) groups is 3. The molecule has 0 bridgehead atoms. The number of ether oxygens (including phenoxy) is 2. The van der Waals surface area contributed by atoms with Crippen LogP contribution in [0.4, 0.5) is 11.4 Å².